The van der Waals surface area contributed by atoms with Crippen LogP contribution in [0.3, 0.4) is 0 Å². The first-order chi connectivity index (χ1) is 13.6. The molecule has 2 heterocycles. The molecule has 6 nitrogen and oxygen atoms in total. The van der Waals surface area contributed by atoms with Gasteiger partial charge in [-0.2, -0.15) is 22.0 Å². The van der Waals surface area contributed by atoms with Crippen LogP contribution in [0.25, 0.3) is 0 Å². The fraction of sp³-hybridized carbons (Fsp3) is 0.389. The van der Waals surface area contributed by atoms with E-state index < -0.39 is 30.4 Å². The molecule has 0 aliphatic carbocycles. The molecule has 0 radical (unpaired) electrons. The summed E-state index contributed by atoms with van der Waals surface area (Å²) in [5, 5.41) is 8.93. The van der Waals surface area contributed by atoms with Gasteiger partial charge in [-0.15, -0.1) is 0 Å². The van der Waals surface area contributed by atoms with Gasteiger partial charge in [0.05, 0.1) is 23.8 Å². The molecule has 0 amide bonds. The first-order valence-electron chi connectivity index (χ1n) is 8.54. The summed E-state index contributed by atoms with van der Waals surface area (Å²) < 4.78 is 67.7. The molecule has 1 aromatic heterocycles. The van der Waals surface area contributed by atoms with Crippen LogP contribution in [0.2, 0.25) is 0 Å². The second kappa shape index (κ2) is 8.27. The van der Waals surface area contributed by atoms with E-state index in [4.69, 9.17) is 5.11 Å². The number of benzene rings is 1. The number of alkyl halides is 5. The van der Waals surface area contributed by atoms with E-state index in [-0.39, 0.29) is 30.6 Å². The van der Waals surface area contributed by atoms with Gasteiger partial charge in [-0.3, -0.25) is 0 Å². The normalized spacial score (nSPS) is 19.7. The number of carbonyl (C=O) groups is 1. The molecule has 1 saturated heterocycles. The lowest BCUT2D eigenvalue weighted by atomic mass is 9.95. The minimum Gasteiger partial charge on any atom is -0.478 e. The minimum absolute atomic E-state index is 0.132. The number of hydrogen-bond acceptors (Lipinski definition) is 5. The van der Waals surface area contributed by atoms with Gasteiger partial charge in [0.2, 0.25) is 5.95 Å². The van der Waals surface area contributed by atoms with Crippen LogP contribution in [0.4, 0.5) is 27.9 Å². The lowest BCUT2D eigenvalue weighted by molar-refractivity contribution is -0.137. The zero-order chi connectivity index (χ0) is 21.2. The Bertz CT molecular complexity index is 843. The average molecular weight is 417 g/mol. The van der Waals surface area contributed by atoms with E-state index in [9.17, 15) is 26.7 Å². The van der Waals surface area contributed by atoms with E-state index in [2.05, 4.69) is 14.7 Å². The van der Waals surface area contributed by atoms with E-state index in [0.29, 0.717) is 12.0 Å². The summed E-state index contributed by atoms with van der Waals surface area (Å²) in [7, 11) is 0. The van der Waals surface area contributed by atoms with Crippen molar-refractivity contribution in [2.75, 3.05) is 18.1 Å². The summed E-state index contributed by atoms with van der Waals surface area (Å²) in [6, 6.07) is 4.11. The van der Waals surface area contributed by atoms with Crippen LogP contribution in [0.1, 0.15) is 33.8 Å². The Hall–Kier alpha value is -2.82. The van der Waals surface area contributed by atoms with Crippen molar-refractivity contribution < 1.29 is 36.6 Å². The third-order valence-corrected chi connectivity index (χ3v) is 4.68. The van der Waals surface area contributed by atoms with Gasteiger partial charge < -0.3 is 14.7 Å². The van der Waals surface area contributed by atoms with E-state index in [1.165, 1.54) is 12.1 Å². The maximum Gasteiger partial charge on any atom is 0.416 e. The van der Waals surface area contributed by atoms with Gasteiger partial charge in [-0.1, -0.05) is 12.1 Å². The van der Waals surface area contributed by atoms with Gasteiger partial charge in [0.1, 0.15) is 0 Å². The number of halogens is 5. The second-order valence-electron chi connectivity index (χ2n) is 6.53. The van der Waals surface area contributed by atoms with E-state index in [1.54, 1.807) is 4.90 Å². The first-order valence-corrected chi connectivity index (χ1v) is 8.54. The molecule has 1 aliphatic heterocycles. The summed E-state index contributed by atoms with van der Waals surface area (Å²) in [5.74, 6) is -1.34. The number of nitrogens with zero attached hydrogens (tertiary/aromatic N) is 3. The van der Waals surface area contributed by atoms with Gasteiger partial charge in [0.25, 0.3) is 0 Å². The minimum atomic E-state index is -4.45. The largest absolute Gasteiger partial charge is 0.478 e. The zero-order valence-corrected chi connectivity index (χ0v) is 14.8. The molecule has 156 valence electrons. The van der Waals surface area contributed by atoms with Crippen LogP contribution < -0.4 is 4.90 Å². The number of rotatable bonds is 6. The van der Waals surface area contributed by atoms with Crippen LogP contribution in [-0.2, 0) is 10.9 Å². The molecule has 11 heteroatoms. The smallest absolute Gasteiger partial charge is 0.416 e. The van der Waals surface area contributed by atoms with Crippen molar-refractivity contribution in [2.24, 2.45) is 0 Å². The summed E-state index contributed by atoms with van der Waals surface area (Å²) in [6.45, 7) is -3.05. The molecule has 2 aromatic rings. The number of carboxylic acid groups (broad SMARTS) is 1. The average Bonchev–Trinajstić information content (AvgIpc) is 3.10. The third-order valence-electron chi connectivity index (χ3n) is 4.68. The Morgan fingerprint density at radius 1 is 1.21 bits per heavy atom. The highest BCUT2D eigenvalue weighted by Crippen LogP contribution is 2.36. The van der Waals surface area contributed by atoms with Gasteiger partial charge in [-0.05, 0) is 24.1 Å². The van der Waals surface area contributed by atoms with Crippen molar-refractivity contribution in [3.05, 3.63) is 53.3 Å². The van der Waals surface area contributed by atoms with Crippen molar-refractivity contribution in [1.82, 2.24) is 9.97 Å². The molecule has 1 N–H and O–H groups in total. The molecule has 1 aliphatic rings. The number of aromatic nitrogens is 2. The predicted octanol–water partition coefficient (Wildman–Crippen LogP) is 3.80. The lowest BCUT2D eigenvalue weighted by Crippen LogP contribution is -2.35. The highest BCUT2D eigenvalue weighted by molar-refractivity contribution is 5.86. The van der Waals surface area contributed by atoms with Crippen molar-refractivity contribution in [1.29, 1.82) is 0 Å². The van der Waals surface area contributed by atoms with Gasteiger partial charge in [-0.25, -0.2) is 14.8 Å². The van der Waals surface area contributed by atoms with Crippen LogP contribution in [0.15, 0.2) is 36.7 Å². The Morgan fingerprint density at radius 3 is 2.34 bits per heavy atom. The predicted molar refractivity (Wildman–Crippen MR) is 90.9 cm³/mol. The van der Waals surface area contributed by atoms with Crippen LogP contribution >= 0.6 is 0 Å². The number of aromatic carboxylic acids is 1. The highest BCUT2D eigenvalue weighted by atomic mass is 19.4. The zero-order valence-electron chi connectivity index (χ0n) is 14.8. The van der Waals surface area contributed by atoms with Crippen LogP contribution in [-0.4, -0.2) is 46.8 Å². The molecule has 2 atom stereocenters. The fourth-order valence-electron chi connectivity index (χ4n) is 3.27. The molecular weight excluding hydrogens is 401 g/mol. The van der Waals surface area contributed by atoms with E-state index >= 15 is 0 Å². The Balaban J connectivity index is 1.81. The maximum atomic E-state index is 12.8. The summed E-state index contributed by atoms with van der Waals surface area (Å²) >= 11 is 0. The van der Waals surface area contributed by atoms with Crippen molar-refractivity contribution in [2.45, 2.75) is 31.2 Å². The van der Waals surface area contributed by atoms with Crippen molar-refractivity contribution in [3.63, 3.8) is 0 Å². The number of anilines is 1. The van der Waals surface area contributed by atoms with E-state index in [1.807, 2.05) is 0 Å². The number of hydrogen-bond donors (Lipinski definition) is 1. The van der Waals surface area contributed by atoms with Crippen LogP contribution in [0.5, 0.6) is 0 Å². The standard InChI is InChI=1S/C18H16F5N3O3/c19-16(20)29-9-14-5-11(10-1-3-13(4-2-10)18(21,22)23)8-26(14)17-24-6-12(7-25-17)15(27)28/h1-4,6-7,11,14,16H,5,8-9H2,(H,27,28)/t11?,14-/m1/s1. The molecule has 3 rings (SSSR count). The Morgan fingerprint density at radius 2 is 1.83 bits per heavy atom. The topological polar surface area (TPSA) is 75.5 Å². The second-order valence-corrected chi connectivity index (χ2v) is 6.53. The SMILES string of the molecule is O=C(O)c1cnc(N2CC(c3ccc(C(F)(F)F)cc3)C[C@@H]2COC(F)F)nc1. The molecular formula is C18H16F5N3O3. The fourth-order valence-corrected chi connectivity index (χ4v) is 3.27. The summed E-state index contributed by atoms with van der Waals surface area (Å²) in [6.07, 6.45) is -1.92. The molecule has 29 heavy (non-hydrogen) atoms. The van der Waals surface area contributed by atoms with Gasteiger partial charge in [0, 0.05) is 24.9 Å². The number of ether oxygens (including phenoxy) is 1. The summed E-state index contributed by atoms with van der Waals surface area (Å²) in [5.41, 5.74) is -0.293. The van der Waals surface area contributed by atoms with E-state index in [0.717, 1.165) is 24.5 Å². The third kappa shape index (κ3) is 4.97. The maximum absolute atomic E-state index is 12.8. The van der Waals surface area contributed by atoms with Crippen LogP contribution in [0, 0.1) is 0 Å². The number of carboxylic acids is 1. The molecule has 0 spiro atoms. The van der Waals surface area contributed by atoms with Crippen molar-refractivity contribution in [3.8, 4) is 0 Å². The molecule has 0 bridgehead atoms. The molecule has 1 fully saturated rings. The first kappa shape index (κ1) is 20.9. The molecule has 0 saturated carbocycles. The monoisotopic (exact) mass is 417 g/mol. The Kier molecular flexibility index (Phi) is 5.96. The molecule has 1 aromatic carbocycles. The van der Waals surface area contributed by atoms with Crippen molar-refractivity contribution >= 4 is 11.9 Å². The van der Waals surface area contributed by atoms with Gasteiger partial charge in [0.15, 0.2) is 0 Å². The Labute approximate surface area is 161 Å². The summed E-state index contributed by atoms with van der Waals surface area (Å²) in [4.78, 5) is 20.5. The quantitative estimate of drug-likeness (QED) is 0.721. The lowest BCUT2D eigenvalue weighted by Gasteiger charge is -2.24. The van der Waals surface area contributed by atoms with Gasteiger partial charge >= 0.3 is 18.8 Å². The highest BCUT2D eigenvalue weighted by Gasteiger charge is 2.36. The molecule has 1 unspecified atom stereocenters.